The normalized spacial score (nSPS) is 22.9. The van der Waals surface area contributed by atoms with Crippen molar-refractivity contribution >= 4 is 29.8 Å². The molecule has 3 fully saturated rings. The largest absolute Gasteiger partial charge is 0.459 e. The lowest BCUT2D eigenvalue weighted by Crippen LogP contribution is -2.69. The van der Waals surface area contributed by atoms with E-state index in [-0.39, 0.29) is 78.2 Å². The lowest BCUT2D eigenvalue weighted by molar-refractivity contribution is -0.362. The van der Waals surface area contributed by atoms with E-state index in [9.17, 15) is 19.2 Å². The molecule has 3 N–H and O–H groups in total. The van der Waals surface area contributed by atoms with Crippen LogP contribution in [0.25, 0.3) is 0 Å². The summed E-state index contributed by atoms with van der Waals surface area (Å²) in [4.78, 5) is 71.7. The summed E-state index contributed by atoms with van der Waals surface area (Å²) in [6, 6.07) is 87.7. The fourth-order valence-corrected chi connectivity index (χ4v) is 14.4. The van der Waals surface area contributed by atoms with E-state index in [2.05, 4.69) is 16.0 Å². The minimum absolute atomic E-state index is 0.00840. The van der Waals surface area contributed by atoms with Gasteiger partial charge in [0.25, 0.3) is 0 Å². The van der Waals surface area contributed by atoms with Crippen LogP contribution in [-0.4, -0.2) is 154 Å². The van der Waals surface area contributed by atoms with Crippen molar-refractivity contribution in [3.05, 3.63) is 358 Å². The molecule has 3 amide bonds. The molecule has 24 nitrogen and oxygen atoms in total. The predicted octanol–water partition coefficient (Wildman–Crippen LogP) is 13.5. The molecule has 24 heteroatoms. The zero-order valence-corrected chi connectivity index (χ0v) is 67.8. The molecule has 3 aliphatic rings. The fraction of sp³-hybridized carbons (Fsp3) is 0.330. The van der Waals surface area contributed by atoms with E-state index in [4.69, 9.17) is 75.8 Å². The van der Waals surface area contributed by atoms with Gasteiger partial charge in [0.15, 0.2) is 31.0 Å². The van der Waals surface area contributed by atoms with Crippen LogP contribution < -0.4 is 16.0 Å². The van der Waals surface area contributed by atoms with E-state index in [1.54, 1.807) is 60.7 Å². The van der Waals surface area contributed by atoms with E-state index in [1.165, 1.54) is 13.8 Å². The van der Waals surface area contributed by atoms with E-state index < -0.39 is 141 Å². The summed E-state index contributed by atoms with van der Waals surface area (Å²) in [7, 11) is 0. The van der Waals surface area contributed by atoms with Crippen molar-refractivity contribution < 1.29 is 99.8 Å². The number of carbonyl (C=O) groups is 5. The minimum Gasteiger partial charge on any atom is -0.459 e. The second-order valence-electron chi connectivity index (χ2n) is 29.7. The zero-order valence-electron chi connectivity index (χ0n) is 67.8. The molecular weight excluding hydrogens is 1540 g/mol. The lowest BCUT2D eigenvalue weighted by atomic mass is 9.94. The van der Waals surface area contributed by atoms with Crippen molar-refractivity contribution in [2.45, 2.75) is 178 Å². The first-order chi connectivity index (χ1) is 59.3. The number of benzene rings is 10. The van der Waals surface area contributed by atoms with Crippen LogP contribution in [0, 0.1) is 6.92 Å². The molecule has 3 heterocycles. The van der Waals surface area contributed by atoms with Gasteiger partial charge in [-0.15, -0.1) is 0 Å². The van der Waals surface area contributed by atoms with Crippen molar-refractivity contribution in [3.8, 4) is 0 Å². The number of rotatable bonds is 41. The zero-order chi connectivity index (χ0) is 83.8. The highest BCUT2D eigenvalue weighted by Crippen LogP contribution is 2.38. The Morgan fingerprint density at radius 2 is 0.645 bits per heavy atom. The van der Waals surface area contributed by atoms with E-state index in [1.807, 2.05) is 244 Å². The average Bonchev–Trinajstić information content (AvgIpc) is 0.764. The number of aryl methyl sites for hydroxylation is 1. The quantitative estimate of drug-likeness (QED) is 0.0237. The van der Waals surface area contributed by atoms with Crippen LogP contribution in [0.4, 0.5) is 4.79 Å². The van der Waals surface area contributed by atoms with Crippen LogP contribution in [-0.2, 0) is 150 Å². The molecular formula is C97H103N3O21. The highest BCUT2D eigenvalue weighted by molar-refractivity contribution is 5.89. The molecule has 121 heavy (non-hydrogen) atoms. The predicted molar refractivity (Wildman–Crippen MR) is 445 cm³/mol. The first-order valence-corrected chi connectivity index (χ1v) is 40.6. The lowest BCUT2D eigenvalue weighted by Gasteiger charge is -2.50. The molecule has 632 valence electrons. The summed E-state index contributed by atoms with van der Waals surface area (Å²) in [6.07, 6.45) is -17.7. The Morgan fingerprint density at radius 1 is 0.322 bits per heavy atom. The highest BCUT2D eigenvalue weighted by atomic mass is 16.8. The molecule has 13 rings (SSSR count). The van der Waals surface area contributed by atoms with Crippen molar-refractivity contribution in [2.75, 3.05) is 26.4 Å². The molecule has 10 aromatic rings. The van der Waals surface area contributed by atoms with Crippen molar-refractivity contribution in [1.29, 1.82) is 0 Å². The SMILES string of the molecule is CC(=O)N[C@H]1[C@@H](OC[C@H](NC(=O)OCc2ccccc2)C(=O)OCc2ccccc2)O[C@H](CO[C@@H]2O[C@H](COCc3ccccc3)[C@@H](O[C@@H]3O[C@H](COCc4ccccc4)[C@H](OCc4ccccc4)[C@H](OCc4ccccc4)[C@H]3OC(=O)c3ccc(C)cc3)[C@H](OCc3ccccc3)[C@H]2NC(C)=O)[C@H](OCc2ccccc2)[C@@H]1OCc1ccccc1. The Balaban J connectivity index is 0.893. The molecule has 3 saturated heterocycles. The maximum atomic E-state index is 15.2. The summed E-state index contributed by atoms with van der Waals surface area (Å²) < 4.78 is 111. The van der Waals surface area contributed by atoms with Gasteiger partial charge < -0.3 is 91.7 Å². The molecule has 3 aliphatic heterocycles. The van der Waals surface area contributed by atoms with Crippen molar-refractivity contribution in [1.82, 2.24) is 16.0 Å². The van der Waals surface area contributed by atoms with Gasteiger partial charge in [-0.3, -0.25) is 9.59 Å². The average molecular weight is 1650 g/mol. The number of carbonyl (C=O) groups excluding carboxylic acids is 5. The number of ether oxygens (including phenoxy) is 16. The maximum Gasteiger partial charge on any atom is 0.408 e. The number of esters is 2. The van der Waals surface area contributed by atoms with Crippen LogP contribution in [0.5, 0.6) is 0 Å². The fourth-order valence-electron chi connectivity index (χ4n) is 14.4. The third-order valence-corrected chi connectivity index (χ3v) is 20.5. The molecule has 10 aromatic carbocycles. The number of hydrogen-bond donors (Lipinski definition) is 3. The topological polar surface area (TPSA) is 269 Å². The highest BCUT2D eigenvalue weighted by Gasteiger charge is 2.57. The second kappa shape index (κ2) is 46.0. The van der Waals surface area contributed by atoms with Gasteiger partial charge in [-0.25, -0.2) is 14.4 Å². The monoisotopic (exact) mass is 1650 g/mol. The minimum atomic E-state index is -1.58. The Kier molecular flexibility index (Phi) is 33.3. The van der Waals surface area contributed by atoms with Gasteiger partial charge in [0.05, 0.1) is 78.2 Å². The Hall–Kier alpha value is -11.2. The van der Waals surface area contributed by atoms with Gasteiger partial charge in [0.1, 0.15) is 80.2 Å². The molecule has 0 aromatic heterocycles. The molecule has 0 unspecified atom stereocenters. The molecule has 0 radical (unpaired) electrons. The summed E-state index contributed by atoms with van der Waals surface area (Å²) in [6.45, 7) is 3.23. The van der Waals surface area contributed by atoms with Crippen LogP contribution in [0.1, 0.15) is 79.8 Å². The van der Waals surface area contributed by atoms with Gasteiger partial charge in [0, 0.05) is 13.8 Å². The maximum absolute atomic E-state index is 15.2. The summed E-state index contributed by atoms with van der Waals surface area (Å²) in [5.74, 6) is -2.63. The third kappa shape index (κ3) is 26.7. The number of amides is 3. The van der Waals surface area contributed by atoms with Crippen molar-refractivity contribution in [2.24, 2.45) is 0 Å². The molecule has 0 aliphatic carbocycles. The van der Waals surface area contributed by atoms with Crippen LogP contribution in [0.3, 0.4) is 0 Å². The number of hydrogen-bond acceptors (Lipinski definition) is 21. The Labute approximate surface area is 705 Å². The smallest absolute Gasteiger partial charge is 0.408 e. The van der Waals surface area contributed by atoms with E-state index in [0.29, 0.717) is 11.1 Å². The van der Waals surface area contributed by atoms with Crippen LogP contribution >= 0.6 is 0 Å². The van der Waals surface area contributed by atoms with Crippen molar-refractivity contribution in [3.63, 3.8) is 0 Å². The third-order valence-electron chi connectivity index (χ3n) is 20.5. The molecule has 0 spiro atoms. The molecule has 0 bridgehead atoms. The van der Waals surface area contributed by atoms with Gasteiger partial charge in [-0.1, -0.05) is 291 Å². The Morgan fingerprint density at radius 3 is 1.05 bits per heavy atom. The van der Waals surface area contributed by atoms with Gasteiger partial charge in [0.2, 0.25) is 11.8 Å². The van der Waals surface area contributed by atoms with Crippen LogP contribution in [0.15, 0.2) is 297 Å². The first-order valence-electron chi connectivity index (χ1n) is 40.6. The Bertz CT molecular complexity index is 4740. The van der Waals surface area contributed by atoms with E-state index in [0.717, 1.165) is 44.5 Å². The standard InChI is InChI=1S/C97H103N3O21/c1-66-49-51-78(52-50-66)92(103)120-91-90(112-59-75-43-25-10-26-44-75)86(109-56-72-37-19-7-20-38-72)80(63-106-53-69-31-13-4-14-32-69)119-96(91)121-87-81(64-107-54-70-33-15-5-16-34-70)117-95(84(99-68(3)102)89(87)111-58-74-41-23-9-24-42-74)115-65-82-85(108-55-71-35-17-6-18-36-71)88(110-57-73-39-21-8-22-40-73)83(98-67(2)101)94(118-82)114-62-79(93(104)113-60-76-45-27-11-28-46-76)100-97(105)116-61-77-47-29-12-30-48-77/h4-52,79-91,94-96H,53-65H2,1-3H3,(H,98,101)(H,99,102)(H,100,105)/t79-,80+,81+,82+,83+,84+,85-,86-,87+,88+,89+,90-,91+,94-,95+,96-/m0/s1. The number of nitrogens with one attached hydrogen (secondary N) is 3. The van der Waals surface area contributed by atoms with Gasteiger partial charge in [-0.2, -0.15) is 0 Å². The van der Waals surface area contributed by atoms with Gasteiger partial charge >= 0.3 is 18.0 Å². The first kappa shape index (κ1) is 87.6. The summed E-state index contributed by atoms with van der Waals surface area (Å²) >= 11 is 0. The summed E-state index contributed by atoms with van der Waals surface area (Å²) in [5, 5.41) is 8.82. The van der Waals surface area contributed by atoms with Crippen LogP contribution in [0.2, 0.25) is 0 Å². The molecule has 0 saturated carbocycles. The number of alkyl carbamates (subject to hydrolysis) is 1. The molecule has 16 atom stereocenters. The van der Waals surface area contributed by atoms with E-state index >= 15 is 4.79 Å². The second-order valence-corrected chi connectivity index (χ2v) is 29.7. The van der Waals surface area contributed by atoms with Gasteiger partial charge in [-0.05, 0) is 69.1 Å². The summed E-state index contributed by atoms with van der Waals surface area (Å²) in [5.41, 5.74) is 8.16.